The van der Waals surface area contributed by atoms with Crippen LogP contribution in [0.5, 0.6) is 0 Å². The summed E-state index contributed by atoms with van der Waals surface area (Å²) in [6, 6.07) is 16.4. The first-order chi connectivity index (χ1) is 10.2. The maximum absolute atomic E-state index is 10.5. The van der Waals surface area contributed by atoms with Gasteiger partial charge in [-0.2, -0.15) is 0 Å². The van der Waals surface area contributed by atoms with Crippen molar-refractivity contribution in [1.29, 1.82) is 0 Å². The Labute approximate surface area is 135 Å². The van der Waals surface area contributed by atoms with Crippen LogP contribution in [0.4, 0.5) is 0 Å². The zero-order valence-corrected chi connectivity index (χ0v) is 13.4. The summed E-state index contributed by atoms with van der Waals surface area (Å²) in [4.78, 5) is 1.05. The van der Waals surface area contributed by atoms with Crippen molar-refractivity contribution in [2.24, 2.45) is 5.92 Å². The Kier molecular flexibility index (Phi) is 4.89. The van der Waals surface area contributed by atoms with Gasteiger partial charge in [0, 0.05) is 10.6 Å². The molecule has 0 spiro atoms. The first kappa shape index (κ1) is 15.0. The standard InChI is InChI=1S/C18H19ClOS/c19-16-7-3-4-8-18(16)21-12-17(20)15-10-9-13-5-1-2-6-14(13)11-15/h1-8,15,17,20H,9-12H2. The molecule has 0 amide bonds. The van der Waals surface area contributed by atoms with Crippen LogP contribution in [0.25, 0.3) is 0 Å². The van der Waals surface area contributed by atoms with Crippen molar-refractivity contribution in [3.8, 4) is 0 Å². The molecule has 2 aromatic rings. The molecule has 2 atom stereocenters. The van der Waals surface area contributed by atoms with Gasteiger partial charge in [-0.25, -0.2) is 0 Å². The van der Waals surface area contributed by atoms with Gasteiger partial charge in [0.15, 0.2) is 0 Å². The van der Waals surface area contributed by atoms with Crippen molar-refractivity contribution in [2.45, 2.75) is 30.3 Å². The fourth-order valence-corrected chi connectivity index (χ4v) is 4.23. The molecule has 2 unspecified atom stereocenters. The zero-order valence-electron chi connectivity index (χ0n) is 11.8. The fraction of sp³-hybridized carbons (Fsp3) is 0.333. The lowest BCUT2D eigenvalue weighted by atomic mass is 9.81. The maximum atomic E-state index is 10.5. The van der Waals surface area contributed by atoms with Crippen molar-refractivity contribution < 1.29 is 5.11 Å². The number of aryl methyl sites for hydroxylation is 1. The summed E-state index contributed by atoms with van der Waals surface area (Å²) in [6.07, 6.45) is 2.86. The molecule has 0 aromatic heterocycles. The van der Waals surface area contributed by atoms with E-state index in [9.17, 15) is 5.11 Å². The molecule has 0 fully saturated rings. The predicted octanol–water partition coefficient (Wildman–Crippen LogP) is 4.60. The molecule has 1 aliphatic rings. The van der Waals surface area contributed by atoms with E-state index in [0.29, 0.717) is 11.7 Å². The SMILES string of the molecule is OC(CSc1ccccc1Cl)C1CCc2ccccc2C1. The van der Waals surface area contributed by atoms with Crippen molar-refractivity contribution in [3.63, 3.8) is 0 Å². The summed E-state index contributed by atoms with van der Waals surface area (Å²) in [5, 5.41) is 11.3. The van der Waals surface area contributed by atoms with Gasteiger partial charge >= 0.3 is 0 Å². The maximum Gasteiger partial charge on any atom is 0.0665 e. The van der Waals surface area contributed by atoms with Crippen molar-refractivity contribution in [3.05, 3.63) is 64.7 Å². The number of aliphatic hydroxyl groups excluding tert-OH is 1. The highest BCUT2D eigenvalue weighted by Gasteiger charge is 2.24. The quantitative estimate of drug-likeness (QED) is 0.831. The molecule has 21 heavy (non-hydrogen) atoms. The third-order valence-electron chi connectivity index (χ3n) is 4.18. The highest BCUT2D eigenvalue weighted by Crippen LogP contribution is 2.32. The van der Waals surface area contributed by atoms with Crippen LogP contribution in [0.3, 0.4) is 0 Å². The normalized spacial score (nSPS) is 19.0. The molecule has 1 N–H and O–H groups in total. The minimum absolute atomic E-state index is 0.278. The average molecular weight is 319 g/mol. The van der Waals surface area contributed by atoms with E-state index >= 15 is 0 Å². The van der Waals surface area contributed by atoms with Crippen LogP contribution >= 0.6 is 23.4 Å². The van der Waals surface area contributed by atoms with Gasteiger partial charge in [0.1, 0.15) is 0 Å². The van der Waals surface area contributed by atoms with Gasteiger partial charge in [-0.15, -0.1) is 11.8 Å². The van der Waals surface area contributed by atoms with Gasteiger partial charge < -0.3 is 5.11 Å². The topological polar surface area (TPSA) is 20.2 Å². The van der Waals surface area contributed by atoms with Gasteiger partial charge in [0.05, 0.1) is 11.1 Å². The van der Waals surface area contributed by atoms with Crippen LogP contribution in [-0.4, -0.2) is 17.0 Å². The molecular weight excluding hydrogens is 300 g/mol. The van der Waals surface area contributed by atoms with Crippen LogP contribution < -0.4 is 0 Å². The van der Waals surface area contributed by atoms with E-state index in [1.54, 1.807) is 11.8 Å². The Morgan fingerprint density at radius 2 is 1.81 bits per heavy atom. The molecule has 1 aliphatic carbocycles. The Morgan fingerprint density at radius 1 is 1.10 bits per heavy atom. The molecule has 0 heterocycles. The van der Waals surface area contributed by atoms with E-state index in [2.05, 4.69) is 24.3 Å². The molecule has 0 bridgehead atoms. The molecule has 3 heteroatoms. The highest BCUT2D eigenvalue weighted by molar-refractivity contribution is 7.99. The van der Waals surface area contributed by atoms with Crippen LogP contribution in [0.1, 0.15) is 17.5 Å². The second-order valence-corrected chi connectivity index (χ2v) is 7.05. The number of hydrogen-bond acceptors (Lipinski definition) is 2. The van der Waals surface area contributed by atoms with E-state index in [-0.39, 0.29) is 6.10 Å². The average Bonchev–Trinajstić information content (AvgIpc) is 2.53. The zero-order chi connectivity index (χ0) is 14.7. The van der Waals surface area contributed by atoms with Crippen LogP contribution in [-0.2, 0) is 12.8 Å². The summed E-state index contributed by atoms with van der Waals surface area (Å²) >= 11 is 7.81. The third kappa shape index (κ3) is 3.63. The number of rotatable bonds is 4. The van der Waals surface area contributed by atoms with Gasteiger partial charge in [-0.05, 0) is 48.4 Å². The summed E-state index contributed by atoms with van der Waals surface area (Å²) < 4.78 is 0. The van der Waals surface area contributed by atoms with Crippen molar-refractivity contribution in [1.82, 2.24) is 0 Å². The minimum atomic E-state index is -0.278. The molecule has 0 radical (unpaired) electrons. The summed E-state index contributed by atoms with van der Waals surface area (Å²) in [5.41, 5.74) is 2.84. The van der Waals surface area contributed by atoms with Crippen LogP contribution in [0.15, 0.2) is 53.4 Å². The second kappa shape index (κ2) is 6.87. The van der Waals surface area contributed by atoms with Gasteiger partial charge in [-0.3, -0.25) is 0 Å². The number of hydrogen-bond donors (Lipinski definition) is 1. The lowest BCUT2D eigenvalue weighted by molar-refractivity contribution is 0.121. The smallest absolute Gasteiger partial charge is 0.0665 e. The fourth-order valence-electron chi connectivity index (χ4n) is 2.93. The van der Waals surface area contributed by atoms with E-state index in [1.807, 2.05) is 24.3 Å². The minimum Gasteiger partial charge on any atom is -0.392 e. The molecule has 2 aromatic carbocycles. The predicted molar refractivity (Wildman–Crippen MR) is 90.1 cm³/mol. The first-order valence-corrected chi connectivity index (χ1v) is 8.72. The number of aliphatic hydroxyl groups is 1. The summed E-state index contributed by atoms with van der Waals surface area (Å²) in [6.45, 7) is 0. The largest absolute Gasteiger partial charge is 0.392 e. The van der Waals surface area contributed by atoms with Crippen molar-refractivity contribution >= 4 is 23.4 Å². The van der Waals surface area contributed by atoms with Gasteiger partial charge in [0.25, 0.3) is 0 Å². The molecule has 0 aliphatic heterocycles. The van der Waals surface area contributed by atoms with E-state index in [0.717, 1.165) is 29.2 Å². The van der Waals surface area contributed by atoms with Crippen molar-refractivity contribution in [2.75, 3.05) is 5.75 Å². The monoisotopic (exact) mass is 318 g/mol. The Bertz CT molecular complexity index is 614. The Balaban J connectivity index is 1.60. The Hall–Kier alpha value is -0.960. The molecule has 1 nitrogen and oxygen atoms in total. The van der Waals surface area contributed by atoms with E-state index in [1.165, 1.54) is 11.1 Å². The molecule has 3 rings (SSSR count). The van der Waals surface area contributed by atoms with Crippen LogP contribution in [0.2, 0.25) is 5.02 Å². The first-order valence-electron chi connectivity index (χ1n) is 7.36. The number of thioether (sulfide) groups is 1. The summed E-state index contributed by atoms with van der Waals surface area (Å²) in [5.74, 6) is 1.06. The van der Waals surface area contributed by atoms with Gasteiger partial charge in [0.2, 0.25) is 0 Å². The lowest BCUT2D eigenvalue weighted by Gasteiger charge is -2.28. The molecule has 110 valence electrons. The Morgan fingerprint density at radius 3 is 2.62 bits per heavy atom. The third-order valence-corrected chi connectivity index (χ3v) is 5.79. The molecular formula is C18H19ClOS. The van der Waals surface area contributed by atoms with E-state index < -0.39 is 0 Å². The number of halogens is 1. The van der Waals surface area contributed by atoms with E-state index in [4.69, 9.17) is 11.6 Å². The highest BCUT2D eigenvalue weighted by atomic mass is 35.5. The summed E-state index contributed by atoms with van der Waals surface area (Å²) in [7, 11) is 0. The van der Waals surface area contributed by atoms with Crippen LogP contribution in [0, 0.1) is 5.92 Å². The lowest BCUT2D eigenvalue weighted by Crippen LogP contribution is -2.28. The molecule has 0 saturated heterocycles. The second-order valence-electron chi connectivity index (χ2n) is 5.58. The number of benzene rings is 2. The molecule has 0 saturated carbocycles. The number of fused-ring (bicyclic) bond motifs is 1. The van der Waals surface area contributed by atoms with Gasteiger partial charge in [-0.1, -0.05) is 48.0 Å².